The number of nitrogens with zero attached hydrogens (tertiary/aromatic N) is 3. The minimum absolute atomic E-state index is 0.0249. The SMILES string of the molecule is NC(=O)COc1ccc(/C(N)=N/OC(=O)CCn2cc(Cl)cn2)cc1. The van der Waals surface area contributed by atoms with E-state index in [-0.39, 0.29) is 18.9 Å². The van der Waals surface area contributed by atoms with Crippen LogP contribution < -0.4 is 16.2 Å². The molecule has 10 heteroatoms. The lowest BCUT2D eigenvalue weighted by atomic mass is 10.2. The van der Waals surface area contributed by atoms with Crippen molar-refractivity contribution in [1.82, 2.24) is 9.78 Å². The van der Waals surface area contributed by atoms with E-state index < -0.39 is 11.9 Å². The highest BCUT2D eigenvalue weighted by Gasteiger charge is 2.06. The van der Waals surface area contributed by atoms with Crippen molar-refractivity contribution in [1.29, 1.82) is 0 Å². The van der Waals surface area contributed by atoms with Gasteiger partial charge in [0.1, 0.15) is 5.75 Å². The highest BCUT2D eigenvalue weighted by atomic mass is 35.5. The van der Waals surface area contributed by atoms with E-state index >= 15 is 0 Å². The maximum atomic E-state index is 11.6. The summed E-state index contributed by atoms with van der Waals surface area (Å²) >= 11 is 5.72. The summed E-state index contributed by atoms with van der Waals surface area (Å²) in [6, 6.07) is 6.39. The number of amidine groups is 1. The Bertz CT molecular complexity index is 772. The van der Waals surface area contributed by atoms with Gasteiger partial charge < -0.3 is 21.0 Å². The van der Waals surface area contributed by atoms with E-state index in [9.17, 15) is 9.59 Å². The number of rotatable bonds is 8. The van der Waals surface area contributed by atoms with Crippen LogP contribution in [0.25, 0.3) is 0 Å². The molecular formula is C15H16ClN5O4. The number of halogens is 1. The molecule has 25 heavy (non-hydrogen) atoms. The predicted molar refractivity (Wildman–Crippen MR) is 89.8 cm³/mol. The first-order valence-electron chi connectivity index (χ1n) is 7.17. The van der Waals surface area contributed by atoms with Gasteiger partial charge in [0.25, 0.3) is 5.91 Å². The second-order valence-corrected chi connectivity index (χ2v) is 5.33. The number of primary amides is 1. The number of ether oxygens (including phenoxy) is 1. The Morgan fingerprint density at radius 1 is 1.24 bits per heavy atom. The number of carbonyl (C=O) groups is 2. The van der Waals surface area contributed by atoms with Crippen molar-refractivity contribution < 1.29 is 19.2 Å². The van der Waals surface area contributed by atoms with Gasteiger partial charge in [-0.2, -0.15) is 5.10 Å². The first-order valence-corrected chi connectivity index (χ1v) is 7.54. The van der Waals surface area contributed by atoms with Crippen LogP contribution in [0.15, 0.2) is 41.8 Å². The number of aromatic nitrogens is 2. The Balaban J connectivity index is 1.83. The zero-order chi connectivity index (χ0) is 18.2. The summed E-state index contributed by atoms with van der Waals surface area (Å²) in [5.74, 6) is -0.660. The van der Waals surface area contributed by atoms with Crippen LogP contribution in [-0.2, 0) is 21.0 Å². The fraction of sp³-hybridized carbons (Fsp3) is 0.200. The highest BCUT2D eigenvalue weighted by molar-refractivity contribution is 6.30. The molecule has 9 nitrogen and oxygen atoms in total. The lowest BCUT2D eigenvalue weighted by Crippen LogP contribution is -2.20. The summed E-state index contributed by atoms with van der Waals surface area (Å²) in [4.78, 5) is 27.0. The van der Waals surface area contributed by atoms with Crippen LogP contribution in [0.5, 0.6) is 5.75 Å². The third-order valence-electron chi connectivity index (χ3n) is 2.92. The molecule has 0 aliphatic carbocycles. The van der Waals surface area contributed by atoms with Crippen molar-refractivity contribution in [2.75, 3.05) is 6.61 Å². The van der Waals surface area contributed by atoms with Crippen molar-refractivity contribution in [3.8, 4) is 5.75 Å². The minimum atomic E-state index is -0.575. The zero-order valence-corrected chi connectivity index (χ0v) is 13.8. The van der Waals surface area contributed by atoms with E-state index in [4.69, 9.17) is 32.6 Å². The molecule has 1 heterocycles. The van der Waals surface area contributed by atoms with Crippen LogP contribution in [0.1, 0.15) is 12.0 Å². The molecule has 0 radical (unpaired) electrons. The number of nitrogens with two attached hydrogens (primary N) is 2. The first-order chi connectivity index (χ1) is 11.9. The van der Waals surface area contributed by atoms with Gasteiger partial charge >= 0.3 is 5.97 Å². The van der Waals surface area contributed by atoms with Gasteiger partial charge in [0, 0.05) is 11.8 Å². The molecule has 0 atom stereocenters. The van der Waals surface area contributed by atoms with Crippen LogP contribution >= 0.6 is 11.6 Å². The number of hydrogen-bond donors (Lipinski definition) is 2. The normalized spacial score (nSPS) is 11.2. The summed E-state index contributed by atoms with van der Waals surface area (Å²) in [6.07, 6.45) is 3.13. The van der Waals surface area contributed by atoms with E-state index in [1.807, 2.05) is 0 Å². The Labute approximate surface area is 148 Å². The van der Waals surface area contributed by atoms with Gasteiger partial charge in [-0.05, 0) is 24.3 Å². The van der Waals surface area contributed by atoms with E-state index in [1.54, 1.807) is 30.5 Å². The number of aryl methyl sites for hydroxylation is 1. The number of benzene rings is 1. The molecule has 0 saturated carbocycles. The fourth-order valence-corrected chi connectivity index (χ4v) is 1.90. The number of amides is 1. The molecule has 0 fully saturated rings. The van der Waals surface area contributed by atoms with E-state index in [0.29, 0.717) is 22.9 Å². The molecule has 0 bridgehead atoms. The first kappa shape index (κ1) is 18.3. The molecule has 2 rings (SSSR count). The Morgan fingerprint density at radius 2 is 1.96 bits per heavy atom. The molecule has 132 valence electrons. The maximum Gasteiger partial charge on any atom is 0.336 e. The summed E-state index contributed by atoms with van der Waals surface area (Å²) in [6.45, 7) is 0.0921. The Hall–Kier alpha value is -3.07. The smallest absolute Gasteiger partial charge is 0.336 e. The number of oxime groups is 1. The van der Waals surface area contributed by atoms with Gasteiger partial charge in [0.05, 0.1) is 24.2 Å². The molecule has 1 aromatic heterocycles. The van der Waals surface area contributed by atoms with Crippen LogP contribution in [0.2, 0.25) is 5.02 Å². The van der Waals surface area contributed by atoms with Gasteiger partial charge in [0.15, 0.2) is 12.4 Å². The highest BCUT2D eigenvalue weighted by Crippen LogP contribution is 2.12. The maximum absolute atomic E-state index is 11.6. The summed E-state index contributed by atoms with van der Waals surface area (Å²) in [7, 11) is 0. The monoisotopic (exact) mass is 365 g/mol. The van der Waals surface area contributed by atoms with Crippen molar-refractivity contribution >= 4 is 29.3 Å². The van der Waals surface area contributed by atoms with Gasteiger partial charge in [0.2, 0.25) is 0 Å². The molecule has 1 amide bonds. The molecule has 0 saturated heterocycles. The molecular weight excluding hydrogens is 350 g/mol. The Morgan fingerprint density at radius 3 is 2.56 bits per heavy atom. The Kier molecular flexibility index (Phi) is 6.35. The van der Waals surface area contributed by atoms with Crippen molar-refractivity contribution in [3.05, 3.63) is 47.2 Å². The van der Waals surface area contributed by atoms with Gasteiger partial charge in [-0.25, -0.2) is 4.79 Å². The van der Waals surface area contributed by atoms with Crippen LogP contribution in [0.3, 0.4) is 0 Å². The van der Waals surface area contributed by atoms with Gasteiger partial charge in [-0.1, -0.05) is 16.8 Å². The second-order valence-electron chi connectivity index (χ2n) is 4.89. The molecule has 1 aromatic carbocycles. The zero-order valence-electron chi connectivity index (χ0n) is 13.1. The molecule has 2 aromatic rings. The average molecular weight is 366 g/mol. The minimum Gasteiger partial charge on any atom is -0.484 e. The van der Waals surface area contributed by atoms with Crippen molar-refractivity contribution in [2.24, 2.45) is 16.6 Å². The third-order valence-corrected chi connectivity index (χ3v) is 3.12. The van der Waals surface area contributed by atoms with Gasteiger partial charge in [-0.3, -0.25) is 9.48 Å². The van der Waals surface area contributed by atoms with E-state index in [2.05, 4.69) is 10.3 Å². The fourth-order valence-electron chi connectivity index (χ4n) is 1.74. The quantitative estimate of drug-likeness (QED) is 0.305. The van der Waals surface area contributed by atoms with Crippen molar-refractivity contribution in [2.45, 2.75) is 13.0 Å². The summed E-state index contributed by atoms with van der Waals surface area (Å²) in [5, 5.41) is 8.02. The van der Waals surface area contributed by atoms with Crippen molar-refractivity contribution in [3.63, 3.8) is 0 Å². The predicted octanol–water partition coefficient (Wildman–Crippen LogP) is 0.654. The molecule has 4 N–H and O–H groups in total. The largest absolute Gasteiger partial charge is 0.484 e. The van der Waals surface area contributed by atoms with Crippen LogP contribution in [0, 0.1) is 0 Å². The molecule has 0 unspecified atom stereocenters. The van der Waals surface area contributed by atoms with Gasteiger partial charge in [-0.15, -0.1) is 0 Å². The lowest BCUT2D eigenvalue weighted by Gasteiger charge is -2.05. The second kappa shape index (κ2) is 8.69. The van der Waals surface area contributed by atoms with Crippen LogP contribution in [0.4, 0.5) is 0 Å². The number of hydrogen-bond acceptors (Lipinski definition) is 6. The number of carbonyl (C=O) groups excluding carboxylic acids is 2. The third kappa shape index (κ3) is 6.15. The summed E-state index contributed by atoms with van der Waals surface area (Å²) in [5.41, 5.74) is 11.3. The van der Waals surface area contributed by atoms with Crippen LogP contribution in [-0.4, -0.2) is 34.1 Å². The topological polar surface area (TPSA) is 135 Å². The molecule has 0 spiro atoms. The molecule has 0 aliphatic heterocycles. The average Bonchev–Trinajstić information content (AvgIpc) is 3.02. The standard InChI is InChI=1S/C15H16ClN5O4/c16-11-7-19-21(8-11)6-5-14(23)25-20-15(18)10-1-3-12(4-2-10)24-9-13(17)22/h1-4,7-8H,5-6,9H2,(H2,17,22)(H2,18,20). The lowest BCUT2D eigenvalue weighted by molar-refractivity contribution is -0.144. The van der Waals surface area contributed by atoms with E-state index in [0.717, 1.165) is 0 Å². The molecule has 0 aliphatic rings. The summed E-state index contributed by atoms with van der Waals surface area (Å²) < 4.78 is 6.63. The van der Waals surface area contributed by atoms with E-state index in [1.165, 1.54) is 10.9 Å².